The predicted molar refractivity (Wildman–Crippen MR) is 126 cm³/mol. The van der Waals surface area contributed by atoms with E-state index in [0.29, 0.717) is 36.0 Å². The third-order valence-electron chi connectivity index (χ3n) is 5.27. The summed E-state index contributed by atoms with van der Waals surface area (Å²) in [5.74, 6) is 0.706. The van der Waals surface area contributed by atoms with Gasteiger partial charge in [-0.1, -0.05) is 40.8 Å². The average molecular weight is 488 g/mol. The van der Waals surface area contributed by atoms with Gasteiger partial charge in [-0.2, -0.15) is 0 Å². The van der Waals surface area contributed by atoms with Crippen LogP contribution in [0.1, 0.15) is 22.5 Å². The Morgan fingerprint density at radius 3 is 1.50 bits per heavy atom. The highest BCUT2D eigenvalue weighted by Gasteiger charge is 2.07. The van der Waals surface area contributed by atoms with E-state index in [4.69, 9.17) is 9.47 Å². The zero-order valence-electron chi connectivity index (χ0n) is 19.2. The van der Waals surface area contributed by atoms with E-state index in [9.17, 15) is 8.78 Å². The van der Waals surface area contributed by atoms with Gasteiger partial charge in [0.05, 0.1) is 25.5 Å². The lowest BCUT2D eigenvalue weighted by atomic mass is 10.2. The molecule has 2 heterocycles. The molecule has 182 valence electrons. The maximum absolute atomic E-state index is 13.1. The van der Waals surface area contributed by atoms with Crippen molar-refractivity contribution in [1.82, 2.24) is 30.0 Å². The zero-order valence-corrected chi connectivity index (χ0v) is 19.2. The van der Waals surface area contributed by atoms with Crippen molar-refractivity contribution in [3.8, 4) is 11.5 Å². The summed E-state index contributed by atoms with van der Waals surface area (Å²) < 4.78 is 41.2. The summed E-state index contributed by atoms with van der Waals surface area (Å²) in [6.45, 7) is 1.46. The number of benzene rings is 3. The zero-order chi connectivity index (χ0) is 24.7. The van der Waals surface area contributed by atoms with Crippen LogP contribution in [0.5, 0.6) is 11.5 Å². The van der Waals surface area contributed by atoms with Gasteiger partial charge in [-0.25, -0.2) is 18.1 Å². The number of halogens is 2. The van der Waals surface area contributed by atoms with Crippen LogP contribution < -0.4 is 9.47 Å². The lowest BCUT2D eigenvalue weighted by molar-refractivity contribution is 0.285. The van der Waals surface area contributed by atoms with Crippen LogP contribution in [0, 0.1) is 11.6 Å². The van der Waals surface area contributed by atoms with Crippen molar-refractivity contribution in [2.75, 3.05) is 0 Å². The molecule has 0 atom stereocenters. The fourth-order valence-corrected chi connectivity index (χ4v) is 3.49. The summed E-state index contributed by atoms with van der Waals surface area (Å²) in [5.41, 5.74) is 3.19. The van der Waals surface area contributed by atoms with Crippen LogP contribution in [-0.4, -0.2) is 30.0 Å². The molecule has 8 nitrogen and oxygen atoms in total. The van der Waals surface area contributed by atoms with Crippen LogP contribution in [0.4, 0.5) is 8.78 Å². The Balaban J connectivity index is 1.11. The van der Waals surface area contributed by atoms with E-state index in [0.717, 1.165) is 11.1 Å². The van der Waals surface area contributed by atoms with Gasteiger partial charge < -0.3 is 9.47 Å². The molecule has 2 aromatic heterocycles. The molecular weight excluding hydrogens is 466 g/mol. The number of rotatable bonds is 10. The monoisotopic (exact) mass is 488 g/mol. The molecule has 36 heavy (non-hydrogen) atoms. The molecule has 10 heteroatoms. The van der Waals surface area contributed by atoms with Crippen LogP contribution in [0.25, 0.3) is 0 Å². The smallest absolute Gasteiger partial charge is 0.134 e. The standard InChI is InChI=1S/C26H22F2N6O2/c27-21-8-4-19(5-9-21)13-33-15-23(29-31-33)17-35-25-2-1-3-26(12-25)36-18-24-16-34(32-30-24)14-20-6-10-22(28)11-7-20/h1-12,15-16H,13-14,17-18H2. The van der Waals surface area contributed by atoms with Gasteiger partial charge in [0.15, 0.2) is 0 Å². The first kappa shape index (κ1) is 23.2. The van der Waals surface area contributed by atoms with Gasteiger partial charge in [0.25, 0.3) is 0 Å². The van der Waals surface area contributed by atoms with Crippen molar-refractivity contribution in [2.24, 2.45) is 0 Å². The molecule has 0 bridgehead atoms. The SMILES string of the molecule is Fc1ccc(Cn2cc(COc3cccc(OCc4cn(Cc5ccc(F)cc5)nn4)c3)nn2)cc1. The van der Waals surface area contributed by atoms with E-state index >= 15 is 0 Å². The lowest BCUT2D eigenvalue weighted by Gasteiger charge is -2.07. The molecule has 0 aliphatic carbocycles. The fourth-order valence-electron chi connectivity index (χ4n) is 3.49. The van der Waals surface area contributed by atoms with Gasteiger partial charge in [0.1, 0.15) is 47.7 Å². The minimum absolute atomic E-state index is 0.241. The number of hydrogen-bond donors (Lipinski definition) is 0. The molecule has 0 aliphatic rings. The second-order valence-electron chi connectivity index (χ2n) is 8.12. The maximum atomic E-state index is 13.1. The average Bonchev–Trinajstić information content (AvgIpc) is 3.54. The number of aromatic nitrogens is 6. The second kappa shape index (κ2) is 10.8. The van der Waals surface area contributed by atoms with Gasteiger partial charge >= 0.3 is 0 Å². The highest BCUT2D eigenvalue weighted by molar-refractivity contribution is 5.33. The summed E-state index contributed by atoms with van der Waals surface area (Å²) in [7, 11) is 0. The molecule has 5 rings (SSSR count). The Kier molecular flexibility index (Phi) is 6.93. The van der Waals surface area contributed by atoms with E-state index < -0.39 is 0 Å². The molecule has 0 amide bonds. The molecule has 0 aliphatic heterocycles. The first-order valence-corrected chi connectivity index (χ1v) is 11.2. The Morgan fingerprint density at radius 1 is 0.611 bits per heavy atom. The summed E-state index contributed by atoms with van der Waals surface area (Å²) in [4.78, 5) is 0. The summed E-state index contributed by atoms with van der Waals surface area (Å²) in [5, 5.41) is 16.4. The molecule has 0 radical (unpaired) electrons. The largest absolute Gasteiger partial charge is 0.487 e. The predicted octanol–water partition coefficient (Wildman–Crippen LogP) is 4.40. The quantitative estimate of drug-likeness (QED) is 0.290. The van der Waals surface area contributed by atoms with Gasteiger partial charge in [0, 0.05) is 6.07 Å². The fraction of sp³-hybridized carbons (Fsp3) is 0.154. The highest BCUT2D eigenvalue weighted by Crippen LogP contribution is 2.21. The molecular formula is C26H22F2N6O2. The highest BCUT2D eigenvalue weighted by atomic mass is 19.1. The van der Waals surface area contributed by atoms with Gasteiger partial charge in [-0.05, 0) is 47.5 Å². The van der Waals surface area contributed by atoms with Gasteiger partial charge in [0.2, 0.25) is 0 Å². The third kappa shape index (κ3) is 6.29. The second-order valence-corrected chi connectivity index (χ2v) is 8.12. The van der Waals surface area contributed by atoms with Crippen molar-refractivity contribution in [3.05, 3.63) is 119 Å². The van der Waals surface area contributed by atoms with Crippen LogP contribution in [0.2, 0.25) is 0 Å². The minimum Gasteiger partial charge on any atom is -0.487 e. The maximum Gasteiger partial charge on any atom is 0.134 e. The normalized spacial score (nSPS) is 10.9. The van der Waals surface area contributed by atoms with Crippen molar-refractivity contribution >= 4 is 0 Å². The van der Waals surface area contributed by atoms with E-state index in [-0.39, 0.29) is 24.8 Å². The first-order valence-electron chi connectivity index (χ1n) is 11.2. The Hall–Kier alpha value is -4.60. The summed E-state index contributed by atoms with van der Waals surface area (Å²) in [6, 6.07) is 19.8. The number of ether oxygens (including phenoxy) is 2. The Morgan fingerprint density at radius 2 is 1.06 bits per heavy atom. The molecule has 3 aromatic carbocycles. The van der Waals surface area contributed by atoms with Crippen LogP contribution >= 0.6 is 0 Å². The Bertz CT molecular complexity index is 1310. The van der Waals surface area contributed by atoms with Crippen molar-refractivity contribution < 1.29 is 18.3 Å². The summed E-state index contributed by atoms with van der Waals surface area (Å²) >= 11 is 0. The molecule has 0 saturated heterocycles. The molecule has 0 spiro atoms. The van der Waals surface area contributed by atoms with Gasteiger partial charge in [-0.15, -0.1) is 10.2 Å². The molecule has 0 unspecified atom stereocenters. The van der Waals surface area contributed by atoms with E-state index in [1.807, 2.05) is 18.2 Å². The van der Waals surface area contributed by atoms with Crippen LogP contribution in [0.3, 0.4) is 0 Å². The van der Waals surface area contributed by atoms with E-state index in [2.05, 4.69) is 20.6 Å². The molecule has 5 aromatic rings. The van der Waals surface area contributed by atoms with Crippen LogP contribution in [-0.2, 0) is 26.3 Å². The van der Waals surface area contributed by atoms with E-state index in [1.54, 1.807) is 52.1 Å². The first-order chi connectivity index (χ1) is 17.6. The summed E-state index contributed by atoms with van der Waals surface area (Å²) in [6.07, 6.45) is 3.58. The van der Waals surface area contributed by atoms with Crippen LogP contribution in [0.15, 0.2) is 85.2 Å². The van der Waals surface area contributed by atoms with Crippen molar-refractivity contribution in [3.63, 3.8) is 0 Å². The van der Waals surface area contributed by atoms with Crippen molar-refractivity contribution in [1.29, 1.82) is 0 Å². The van der Waals surface area contributed by atoms with Gasteiger partial charge in [-0.3, -0.25) is 0 Å². The molecule has 0 N–H and O–H groups in total. The Labute approximate surface area is 205 Å². The molecule has 0 fully saturated rings. The number of nitrogens with zero attached hydrogens (tertiary/aromatic N) is 6. The number of hydrogen-bond acceptors (Lipinski definition) is 6. The minimum atomic E-state index is -0.272. The molecule has 0 saturated carbocycles. The third-order valence-corrected chi connectivity index (χ3v) is 5.27. The van der Waals surface area contributed by atoms with Crippen molar-refractivity contribution in [2.45, 2.75) is 26.3 Å². The van der Waals surface area contributed by atoms with E-state index in [1.165, 1.54) is 24.3 Å². The topological polar surface area (TPSA) is 79.9 Å². The lowest BCUT2D eigenvalue weighted by Crippen LogP contribution is -2.00.